The molecule has 0 aliphatic heterocycles. The van der Waals surface area contributed by atoms with Crippen LogP contribution < -0.4 is 10.6 Å². The first-order valence-corrected chi connectivity index (χ1v) is 11.8. The molecule has 0 saturated heterocycles. The van der Waals surface area contributed by atoms with Gasteiger partial charge in [0.1, 0.15) is 12.6 Å². The van der Waals surface area contributed by atoms with Crippen molar-refractivity contribution in [3.8, 4) is 11.1 Å². The maximum atomic E-state index is 12.4. The summed E-state index contributed by atoms with van der Waals surface area (Å²) in [6.45, 7) is 5.61. The molecule has 2 amide bonds. The molecule has 0 bridgehead atoms. The van der Waals surface area contributed by atoms with E-state index in [4.69, 9.17) is 4.74 Å². The molecule has 0 heterocycles. The highest BCUT2D eigenvalue weighted by Crippen LogP contribution is 2.44. The molecule has 3 N–H and O–H groups in total. The lowest BCUT2D eigenvalue weighted by molar-refractivity contribution is -0.145. The van der Waals surface area contributed by atoms with Crippen molar-refractivity contribution in [3.63, 3.8) is 0 Å². The summed E-state index contributed by atoms with van der Waals surface area (Å²) in [7, 11) is 0. The summed E-state index contributed by atoms with van der Waals surface area (Å²) < 4.78 is 5.58. The molecular formula is C27H32N2O5. The monoisotopic (exact) mass is 464 g/mol. The van der Waals surface area contributed by atoms with Crippen molar-refractivity contribution in [2.45, 2.75) is 58.0 Å². The Labute approximate surface area is 199 Å². The van der Waals surface area contributed by atoms with Crippen molar-refractivity contribution in [2.24, 2.45) is 11.3 Å². The number of rotatable bonds is 7. The number of nitrogens with one attached hydrogen (secondary N) is 2. The number of carboxylic acids is 1. The number of carboxylic acid groups (broad SMARTS) is 1. The fraction of sp³-hybridized carbons (Fsp3) is 0.444. The number of ether oxygens (including phenoxy) is 1. The Hall–Kier alpha value is -3.35. The van der Waals surface area contributed by atoms with E-state index >= 15 is 0 Å². The predicted octanol–water partition coefficient (Wildman–Crippen LogP) is 4.31. The Morgan fingerprint density at radius 1 is 1.00 bits per heavy atom. The van der Waals surface area contributed by atoms with Crippen LogP contribution in [-0.4, -0.2) is 41.8 Å². The van der Waals surface area contributed by atoms with Crippen LogP contribution in [-0.2, 0) is 14.3 Å². The highest BCUT2D eigenvalue weighted by molar-refractivity contribution is 5.84. The van der Waals surface area contributed by atoms with Gasteiger partial charge in [-0.05, 0) is 46.4 Å². The second-order valence-corrected chi connectivity index (χ2v) is 10.4. The van der Waals surface area contributed by atoms with E-state index in [1.165, 1.54) is 22.3 Å². The second kappa shape index (κ2) is 9.49. The van der Waals surface area contributed by atoms with Gasteiger partial charge in [-0.15, -0.1) is 0 Å². The zero-order chi connectivity index (χ0) is 24.5. The largest absolute Gasteiger partial charge is 0.480 e. The first-order valence-electron chi connectivity index (χ1n) is 11.8. The molecule has 0 aromatic heterocycles. The number of aliphatic carboxylic acids is 1. The van der Waals surface area contributed by atoms with Gasteiger partial charge in [0, 0.05) is 18.4 Å². The third kappa shape index (κ3) is 5.08. The number of fused-ring (bicyclic) bond motifs is 3. The van der Waals surface area contributed by atoms with Gasteiger partial charge in [0.05, 0.1) is 0 Å². The van der Waals surface area contributed by atoms with E-state index in [0.717, 1.165) is 0 Å². The minimum absolute atomic E-state index is 0.0148. The quantitative estimate of drug-likeness (QED) is 0.566. The van der Waals surface area contributed by atoms with E-state index in [0.29, 0.717) is 12.8 Å². The first-order chi connectivity index (χ1) is 16.1. The normalized spacial score (nSPS) is 19.9. The second-order valence-electron chi connectivity index (χ2n) is 10.4. The zero-order valence-electron chi connectivity index (χ0n) is 19.8. The SMILES string of the molecule is CC(C)(C)[C@H](NC(=O)CC1CC(NC(=O)OCC2c3ccccc3-c3ccccc32)C1)C(=O)O. The molecule has 0 unspecified atom stereocenters. The molecule has 2 aromatic rings. The van der Waals surface area contributed by atoms with Crippen LogP contribution >= 0.6 is 0 Å². The lowest BCUT2D eigenvalue weighted by Gasteiger charge is -2.36. The Morgan fingerprint density at radius 2 is 1.56 bits per heavy atom. The minimum atomic E-state index is -1.04. The van der Waals surface area contributed by atoms with E-state index in [1.807, 2.05) is 24.3 Å². The number of hydrogen-bond acceptors (Lipinski definition) is 4. The zero-order valence-corrected chi connectivity index (χ0v) is 19.8. The van der Waals surface area contributed by atoms with E-state index in [-0.39, 0.29) is 36.8 Å². The van der Waals surface area contributed by atoms with Gasteiger partial charge >= 0.3 is 12.1 Å². The molecule has 2 aliphatic carbocycles. The predicted molar refractivity (Wildman–Crippen MR) is 128 cm³/mol. The van der Waals surface area contributed by atoms with E-state index in [9.17, 15) is 19.5 Å². The molecule has 1 fully saturated rings. The smallest absolute Gasteiger partial charge is 0.407 e. The average molecular weight is 465 g/mol. The summed E-state index contributed by atoms with van der Waals surface area (Å²) in [6.07, 6.45) is 1.15. The van der Waals surface area contributed by atoms with Gasteiger partial charge in [0.25, 0.3) is 0 Å². The minimum Gasteiger partial charge on any atom is -0.480 e. The lowest BCUT2D eigenvalue weighted by Crippen LogP contribution is -2.51. The number of hydrogen-bond donors (Lipinski definition) is 3. The molecule has 2 aromatic carbocycles. The summed E-state index contributed by atoms with van der Waals surface area (Å²) in [6, 6.07) is 15.4. The highest BCUT2D eigenvalue weighted by Gasteiger charge is 2.36. The third-order valence-corrected chi connectivity index (χ3v) is 6.79. The van der Waals surface area contributed by atoms with Crippen LogP contribution in [0.2, 0.25) is 0 Å². The Balaban J connectivity index is 1.23. The van der Waals surface area contributed by atoms with Crippen LogP contribution in [0.5, 0.6) is 0 Å². The Morgan fingerprint density at radius 3 is 2.09 bits per heavy atom. The summed E-state index contributed by atoms with van der Waals surface area (Å²) in [5, 5.41) is 14.9. The number of benzene rings is 2. The van der Waals surface area contributed by atoms with Crippen molar-refractivity contribution < 1.29 is 24.2 Å². The standard InChI is InChI=1S/C27H32N2O5/c1-27(2,3)24(25(31)32)29-23(30)14-16-12-17(13-16)28-26(33)34-15-22-20-10-6-4-8-18(20)19-9-5-7-11-21(19)22/h4-11,16-17,22,24H,12-15H2,1-3H3,(H,28,33)(H,29,30)(H,31,32)/t16?,17?,24-/m1/s1. The fourth-order valence-electron chi connectivity index (χ4n) is 4.96. The molecule has 0 spiro atoms. The summed E-state index contributed by atoms with van der Waals surface area (Å²) in [4.78, 5) is 36.2. The lowest BCUT2D eigenvalue weighted by atomic mass is 9.78. The van der Waals surface area contributed by atoms with Crippen molar-refractivity contribution in [3.05, 3.63) is 59.7 Å². The number of carbonyl (C=O) groups is 3. The van der Waals surface area contributed by atoms with E-state index in [2.05, 4.69) is 34.9 Å². The van der Waals surface area contributed by atoms with Gasteiger partial charge in [-0.2, -0.15) is 0 Å². The summed E-state index contributed by atoms with van der Waals surface area (Å²) in [5.74, 6) is -1.18. The maximum absolute atomic E-state index is 12.4. The van der Waals surface area contributed by atoms with Gasteiger partial charge in [-0.1, -0.05) is 69.3 Å². The summed E-state index contributed by atoms with van der Waals surface area (Å²) >= 11 is 0. The van der Waals surface area contributed by atoms with E-state index in [1.54, 1.807) is 20.8 Å². The first kappa shape index (κ1) is 23.8. The van der Waals surface area contributed by atoms with Crippen LogP contribution in [0.25, 0.3) is 11.1 Å². The number of amides is 2. The fourth-order valence-corrected chi connectivity index (χ4v) is 4.96. The molecule has 180 valence electrons. The third-order valence-electron chi connectivity index (χ3n) is 6.79. The van der Waals surface area contributed by atoms with Crippen molar-refractivity contribution in [2.75, 3.05) is 6.61 Å². The number of carbonyl (C=O) groups excluding carboxylic acids is 2. The van der Waals surface area contributed by atoms with Crippen LogP contribution in [0.15, 0.2) is 48.5 Å². The molecule has 7 nitrogen and oxygen atoms in total. The topological polar surface area (TPSA) is 105 Å². The van der Waals surface area contributed by atoms with Crippen molar-refractivity contribution in [1.29, 1.82) is 0 Å². The van der Waals surface area contributed by atoms with Crippen molar-refractivity contribution >= 4 is 18.0 Å². The summed E-state index contributed by atoms with van der Waals surface area (Å²) in [5.41, 5.74) is 4.13. The van der Waals surface area contributed by atoms with E-state index < -0.39 is 23.5 Å². The van der Waals surface area contributed by atoms with Gasteiger partial charge in [-0.25, -0.2) is 9.59 Å². The average Bonchev–Trinajstić information content (AvgIpc) is 3.07. The van der Waals surface area contributed by atoms with Gasteiger partial charge < -0.3 is 20.5 Å². The molecular weight excluding hydrogens is 432 g/mol. The number of alkyl carbamates (subject to hydrolysis) is 1. The van der Waals surface area contributed by atoms with Gasteiger partial charge in [0.15, 0.2) is 0 Å². The highest BCUT2D eigenvalue weighted by atomic mass is 16.5. The van der Waals surface area contributed by atoms with Crippen molar-refractivity contribution in [1.82, 2.24) is 10.6 Å². The van der Waals surface area contributed by atoms with Crippen LogP contribution in [0.1, 0.15) is 57.1 Å². The Bertz CT molecular complexity index is 1040. The van der Waals surface area contributed by atoms with Gasteiger partial charge in [-0.3, -0.25) is 4.79 Å². The molecule has 1 atom stereocenters. The van der Waals surface area contributed by atoms with Crippen LogP contribution in [0.4, 0.5) is 4.79 Å². The molecule has 1 saturated carbocycles. The molecule has 7 heteroatoms. The van der Waals surface area contributed by atoms with Crippen LogP contribution in [0.3, 0.4) is 0 Å². The molecule has 0 radical (unpaired) electrons. The maximum Gasteiger partial charge on any atom is 0.407 e. The van der Waals surface area contributed by atoms with Crippen LogP contribution in [0, 0.1) is 11.3 Å². The molecule has 2 aliphatic rings. The molecule has 34 heavy (non-hydrogen) atoms. The van der Waals surface area contributed by atoms with Gasteiger partial charge in [0.2, 0.25) is 5.91 Å². The Kier molecular flexibility index (Phi) is 6.64. The molecule has 4 rings (SSSR count).